The number of hydrogen-bond donors (Lipinski definition) is 0. The van der Waals surface area contributed by atoms with Crippen LogP contribution in [0.4, 0.5) is 0 Å². The van der Waals surface area contributed by atoms with E-state index < -0.39 is 0 Å². The van der Waals surface area contributed by atoms with Crippen molar-refractivity contribution in [3.63, 3.8) is 0 Å². The van der Waals surface area contributed by atoms with Gasteiger partial charge in [-0.15, -0.1) is 0 Å². The first-order valence-electron chi connectivity index (χ1n) is 6.70. The summed E-state index contributed by atoms with van der Waals surface area (Å²) in [6, 6.07) is 4.32. The summed E-state index contributed by atoms with van der Waals surface area (Å²) in [5, 5.41) is 0. The minimum absolute atomic E-state index is 0.602. The Kier molecular flexibility index (Phi) is 4.61. The summed E-state index contributed by atoms with van der Waals surface area (Å²) < 4.78 is 0. The van der Waals surface area contributed by atoms with Crippen LogP contribution < -0.4 is 0 Å². The number of rotatable bonds is 3. The molecule has 0 bridgehead atoms. The van der Waals surface area contributed by atoms with Gasteiger partial charge in [-0.25, -0.2) is 0 Å². The van der Waals surface area contributed by atoms with E-state index in [0.29, 0.717) is 4.83 Å². The van der Waals surface area contributed by atoms with E-state index in [2.05, 4.69) is 46.9 Å². The van der Waals surface area contributed by atoms with Crippen LogP contribution in [0.25, 0.3) is 0 Å². The second-order valence-corrected chi connectivity index (χ2v) is 6.74. The lowest BCUT2D eigenvalue weighted by molar-refractivity contribution is 0.285. The van der Waals surface area contributed by atoms with Crippen molar-refractivity contribution < 1.29 is 0 Å². The maximum absolute atomic E-state index is 4.50. The van der Waals surface area contributed by atoms with Crippen LogP contribution >= 0.6 is 15.9 Å². The zero-order valence-corrected chi connectivity index (χ0v) is 12.4. The van der Waals surface area contributed by atoms with Crippen LogP contribution in [0.2, 0.25) is 0 Å². The van der Waals surface area contributed by atoms with Gasteiger partial charge in [0.2, 0.25) is 0 Å². The number of nitrogens with zero attached hydrogens (tertiary/aromatic N) is 1. The number of aryl methyl sites for hydroxylation is 1. The molecule has 1 heterocycles. The van der Waals surface area contributed by atoms with Crippen molar-refractivity contribution in [2.45, 2.75) is 50.8 Å². The fraction of sp³-hybridized carbons (Fsp3) is 0.667. The van der Waals surface area contributed by atoms with E-state index in [1.54, 1.807) is 0 Å². The number of halogens is 1. The predicted octanol–water partition coefficient (Wildman–Crippen LogP) is 4.52. The van der Waals surface area contributed by atoms with Gasteiger partial charge in [0.1, 0.15) is 0 Å². The highest BCUT2D eigenvalue weighted by Crippen LogP contribution is 2.34. The Morgan fingerprint density at radius 3 is 2.59 bits per heavy atom. The average Bonchev–Trinajstić information content (AvgIpc) is 2.33. The van der Waals surface area contributed by atoms with Crippen LogP contribution in [0.3, 0.4) is 0 Å². The molecule has 1 aromatic heterocycles. The van der Waals surface area contributed by atoms with Crippen molar-refractivity contribution >= 4 is 15.9 Å². The van der Waals surface area contributed by atoms with Crippen LogP contribution in [-0.4, -0.2) is 9.81 Å². The molecule has 2 heteroatoms. The molecule has 1 nitrogen and oxygen atoms in total. The Morgan fingerprint density at radius 2 is 2.00 bits per heavy atom. The summed E-state index contributed by atoms with van der Waals surface area (Å²) in [6.45, 7) is 4.46. The van der Waals surface area contributed by atoms with Crippen molar-refractivity contribution in [1.82, 2.24) is 4.98 Å². The monoisotopic (exact) mass is 295 g/mol. The van der Waals surface area contributed by atoms with Crippen molar-refractivity contribution in [1.29, 1.82) is 0 Å². The molecule has 1 aliphatic rings. The molecule has 0 amide bonds. The van der Waals surface area contributed by atoms with Crippen LogP contribution in [0, 0.1) is 18.8 Å². The minimum atomic E-state index is 0.602. The van der Waals surface area contributed by atoms with Gasteiger partial charge in [-0.1, -0.05) is 41.8 Å². The Labute approximate surface area is 113 Å². The summed E-state index contributed by atoms with van der Waals surface area (Å²) in [4.78, 5) is 5.10. The van der Waals surface area contributed by atoms with Crippen molar-refractivity contribution in [2.75, 3.05) is 0 Å². The molecule has 1 unspecified atom stereocenters. The number of aromatic nitrogens is 1. The highest BCUT2D eigenvalue weighted by molar-refractivity contribution is 9.09. The lowest BCUT2D eigenvalue weighted by Gasteiger charge is -2.29. The summed E-state index contributed by atoms with van der Waals surface area (Å²) in [5.74, 6) is 1.78. The molecule has 0 radical (unpaired) electrons. The normalized spacial score (nSPS) is 26.8. The Morgan fingerprint density at radius 1 is 1.29 bits per heavy atom. The zero-order valence-electron chi connectivity index (χ0n) is 10.8. The van der Waals surface area contributed by atoms with E-state index in [1.165, 1.54) is 36.9 Å². The fourth-order valence-electron chi connectivity index (χ4n) is 2.63. The van der Waals surface area contributed by atoms with Gasteiger partial charge in [0, 0.05) is 23.1 Å². The fourth-order valence-corrected chi connectivity index (χ4v) is 3.49. The van der Waals surface area contributed by atoms with E-state index in [0.717, 1.165) is 18.3 Å². The molecule has 0 aliphatic heterocycles. The molecule has 1 aliphatic carbocycles. The third kappa shape index (κ3) is 3.80. The molecule has 0 spiro atoms. The standard InChI is InChI=1S/C15H22BrN/c1-11-3-6-13(7-4-11)15(16)9-14-8-5-12(2)10-17-14/h5,8,10-11,13,15H,3-4,6-7,9H2,1-2H3. The topological polar surface area (TPSA) is 12.9 Å². The second kappa shape index (κ2) is 5.99. The number of pyridine rings is 1. The van der Waals surface area contributed by atoms with Gasteiger partial charge in [-0.3, -0.25) is 4.98 Å². The summed E-state index contributed by atoms with van der Waals surface area (Å²) in [5.41, 5.74) is 2.46. The lowest BCUT2D eigenvalue weighted by atomic mass is 9.80. The van der Waals surface area contributed by atoms with Crippen molar-refractivity contribution in [2.24, 2.45) is 11.8 Å². The van der Waals surface area contributed by atoms with Gasteiger partial charge >= 0.3 is 0 Å². The molecule has 1 fully saturated rings. The molecule has 0 saturated heterocycles. The Hall–Kier alpha value is -0.370. The highest BCUT2D eigenvalue weighted by atomic mass is 79.9. The van der Waals surface area contributed by atoms with Gasteiger partial charge in [-0.05, 0) is 43.2 Å². The van der Waals surface area contributed by atoms with E-state index in [1.807, 2.05) is 6.20 Å². The first-order chi connectivity index (χ1) is 8.15. The van der Waals surface area contributed by atoms with Crippen LogP contribution in [0.1, 0.15) is 43.9 Å². The van der Waals surface area contributed by atoms with E-state index in [-0.39, 0.29) is 0 Å². The van der Waals surface area contributed by atoms with Crippen molar-refractivity contribution in [3.8, 4) is 0 Å². The molecule has 0 aromatic carbocycles. The summed E-state index contributed by atoms with van der Waals surface area (Å²) in [6.07, 6.45) is 8.59. The molecule has 1 aromatic rings. The molecule has 0 N–H and O–H groups in total. The first-order valence-corrected chi connectivity index (χ1v) is 7.62. The maximum atomic E-state index is 4.50. The molecule has 1 saturated carbocycles. The summed E-state index contributed by atoms with van der Waals surface area (Å²) >= 11 is 3.87. The molecule has 94 valence electrons. The molecule has 1 atom stereocenters. The smallest absolute Gasteiger partial charge is 0.0415 e. The largest absolute Gasteiger partial charge is 0.261 e. The number of hydrogen-bond acceptors (Lipinski definition) is 1. The van der Waals surface area contributed by atoms with Crippen LogP contribution in [-0.2, 0) is 6.42 Å². The summed E-state index contributed by atoms with van der Waals surface area (Å²) in [7, 11) is 0. The second-order valence-electron chi connectivity index (χ2n) is 5.57. The SMILES string of the molecule is Cc1ccc(CC(Br)C2CCC(C)CC2)nc1. The third-order valence-electron chi connectivity index (χ3n) is 3.95. The molecular weight excluding hydrogens is 274 g/mol. The van der Waals surface area contributed by atoms with E-state index >= 15 is 0 Å². The van der Waals surface area contributed by atoms with Crippen LogP contribution in [0.5, 0.6) is 0 Å². The Bertz CT molecular complexity index is 338. The Balaban J connectivity index is 1.88. The lowest BCUT2D eigenvalue weighted by Crippen LogP contribution is -2.22. The predicted molar refractivity (Wildman–Crippen MR) is 76.5 cm³/mol. The van der Waals surface area contributed by atoms with E-state index in [9.17, 15) is 0 Å². The highest BCUT2D eigenvalue weighted by Gasteiger charge is 2.24. The van der Waals surface area contributed by atoms with Gasteiger partial charge in [-0.2, -0.15) is 0 Å². The molecule has 2 rings (SSSR count). The first kappa shape index (κ1) is 13.1. The zero-order chi connectivity index (χ0) is 12.3. The molecule has 17 heavy (non-hydrogen) atoms. The van der Waals surface area contributed by atoms with Gasteiger partial charge < -0.3 is 0 Å². The number of alkyl halides is 1. The average molecular weight is 296 g/mol. The van der Waals surface area contributed by atoms with E-state index in [4.69, 9.17) is 0 Å². The van der Waals surface area contributed by atoms with Gasteiger partial charge in [0.25, 0.3) is 0 Å². The van der Waals surface area contributed by atoms with Gasteiger partial charge in [0.15, 0.2) is 0 Å². The van der Waals surface area contributed by atoms with Crippen LogP contribution in [0.15, 0.2) is 18.3 Å². The third-order valence-corrected chi connectivity index (χ3v) is 5.02. The van der Waals surface area contributed by atoms with Crippen molar-refractivity contribution in [3.05, 3.63) is 29.6 Å². The maximum Gasteiger partial charge on any atom is 0.0415 e. The molecular formula is C15H22BrN. The minimum Gasteiger partial charge on any atom is -0.261 e. The van der Waals surface area contributed by atoms with Gasteiger partial charge in [0.05, 0.1) is 0 Å². The quantitative estimate of drug-likeness (QED) is 0.747.